The summed E-state index contributed by atoms with van der Waals surface area (Å²) in [5, 5.41) is 3.10. The maximum atomic E-state index is 2.46. The SMILES string of the molecule is Cc1ccc2c(c3c(n2C)-c2ccccc2C3)[c]1[Zr][c]1c(C)ccc2c1c1c(n2C)-c2ccccc2C1. The Balaban J connectivity index is 1.38. The van der Waals surface area contributed by atoms with Gasteiger partial charge in [0, 0.05) is 0 Å². The van der Waals surface area contributed by atoms with Gasteiger partial charge in [-0.1, -0.05) is 0 Å². The second-order valence-electron chi connectivity index (χ2n) is 10.9. The van der Waals surface area contributed by atoms with E-state index in [9.17, 15) is 0 Å². The quantitative estimate of drug-likeness (QED) is 0.232. The fourth-order valence-electron chi connectivity index (χ4n) is 7.11. The first-order valence-electron chi connectivity index (χ1n) is 13.2. The molecule has 8 rings (SSSR count). The molecule has 0 N–H and O–H groups in total. The van der Waals surface area contributed by atoms with Crippen LogP contribution < -0.4 is 6.54 Å². The molecule has 6 aromatic rings. The maximum absolute atomic E-state index is 2.46. The van der Waals surface area contributed by atoms with E-state index in [1.54, 1.807) is 28.4 Å². The second-order valence-corrected chi connectivity index (χ2v) is 13.9. The van der Waals surface area contributed by atoms with E-state index in [1.165, 1.54) is 55.8 Å². The van der Waals surface area contributed by atoms with Gasteiger partial charge < -0.3 is 0 Å². The van der Waals surface area contributed by atoms with Crippen LogP contribution in [0.4, 0.5) is 0 Å². The monoisotopic (exact) mass is 554 g/mol. The summed E-state index contributed by atoms with van der Waals surface area (Å²) < 4.78 is 8.25. The molecule has 0 radical (unpaired) electrons. The molecule has 0 fully saturated rings. The molecule has 4 aromatic carbocycles. The molecule has 0 saturated heterocycles. The molecule has 3 heteroatoms. The summed E-state index contributed by atoms with van der Waals surface area (Å²) in [6.07, 6.45) is 2.11. The van der Waals surface area contributed by atoms with Gasteiger partial charge >= 0.3 is 230 Å². The van der Waals surface area contributed by atoms with Crippen LogP contribution in [-0.2, 0) is 50.2 Å². The first-order valence-corrected chi connectivity index (χ1v) is 15.6. The summed E-state index contributed by atoms with van der Waals surface area (Å²) in [4.78, 5) is 0. The third-order valence-electron chi connectivity index (χ3n) is 8.88. The van der Waals surface area contributed by atoms with E-state index in [0.29, 0.717) is 0 Å². The van der Waals surface area contributed by atoms with E-state index >= 15 is 0 Å². The van der Waals surface area contributed by atoms with E-state index in [2.05, 4.69) is 110 Å². The van der Waals surface area contributed by atoms with Crippen LogP contribution in [0.25, 0.3) is 44.3 Å². The van der Waals surface area contributed by atoms with Crippen LogP contribution >= 0.6 is 0 Å². The van der Waals surface area contributed by atoms with Crippen molar-refractivity contribution in [2.75, 3.05) is 0 Å². The van der Waals surface area contributed by atoms with Gasteiger partial charge in [-0.3, -0.25) is 0 Å². The molecule has 2 aliphatic carbocycles. The van der Waals surface area contributed by atoms with Gasteiger partial charge in [0.2, 0.25) is 0 Å². The zero-order valence-corrected chi connectivity index (χ0v) is 24.2. The Morgan fingerprint density at radius 2 is 1.00 bits per heavy atom. The van der Waals surface area contributed by atoms with Crippen molar-refractivity contribution in [3.63, 3.8) is 0 Å². The molecular weight excluding hydrogens is 528 g/mol. The van der Waals surface area contributed by atoms with Crippen LogP contribution in [0, 0.1) is 13.8 Å². The van der Waals surface area contributed by atoms with Crippen molar-refractivity contribution in [1.82, 2.24) is 9.13 Å². The Kier molecular flexibility index (Phi) is 4.54. The van der Waals surface area contributed by atoms with Crippen LogP contribution in [0.2, 0.25) is 0 Å². The van der Waals surface area contributed by atoms with Crippen LogP contribution in [0.1, 0.15) is 33.4 Å². The average molecular weight is 556 g/mol. The molecule has 178 valence electrons. The number of nitrogens with zero attached hydrogens (tertiary/aromatic N) is 2. The summed E-state index contributed by atoms with van der Waals surface area (Å²) in [7, 11) is 4.53. The second kappa shape index (κ2) is 7.68. The van der Waals surface area contributed by atoms with Gasteiger partial charge in [-0.2, -0.15) is 0 Å². The van der Waals surface area contributed by atoms with Gasteiger partial charge in [0.05, 0.1) is 0 Å². The van der Waals surface area contributed by atoms with E-state index < -0.39 is 23.2 Å². The molecule has 0 aliphatic heterocycles. The summed E-state index contributed by atoms with van der Waals surface area (Å²) in [5.74, 6) is 0. The average Bonchev–Trinajstić information content (AvgIpc) is 3.61. The van der Waals surface area contributed by atoms with E-state index in [-0.39, 0.29) is 0 Å². The number of aromatic nitrogens is 2. The predicted molar refractivity (Wildman–Crippen MR) is 151 cm³/mol. The normalized spacial score (nSPS) is 13.2. The van der Waals surface area contributed by atoms with Gasteiger partial charge in [0.15, 0.2) is 0 Å². The number of aryl methyl sites for hydroxylation is 4. The fraction of sp³-hybridized carbons (Fsp3) is 0.176. The topological polar surface area (TPSA) is 9.86 Å². The van der Waals surface area contributed by atoms with Gasteiger partial charge in [-0.25, -0.2) is 0 Å². The third-order valence-corrected chi connectivity index (χ3v) is 13.3. The number of hydrogen-bond acceptors (Lipinski definition) is 0. The molecule has 2 aromatic heterocycles. The standard InChI is InChI=1S/2C17H14N.Zr/c2*1-11-7-8-16-14(9-11)15-10-12-5-3-4-6-13(12)17(15)18(16)2;/h2*3-8H,10H2,1-2H3;. The Bertz CT molecular complexity index is 1810. The third kappa shape index (κ3) is 2.84. The molecule has 2 nitrogen and oxygen atoms in total. The Morgan fingerprint density at radius 1 is 0.568 bits per heavy atom. The Hall–Kier alpha value is -3.16. The van der Waals surface area contributed by atoms with Crippen LogP contribution in [-0.4, -0.2) is 9.13 Å². The molecule has 2 aliphatic rings. The summed E-state index contributed by atoms with van der Waals surface area (Å²) >= 11 is -1.13. The fourth-order valence-corrected chi connectivity index (χ4v) is 11.1. The van der Waals surface area contributed by atoms with Crippen LogP contribution in [0.15, 0.2) is 72.8 Å². The molecule has 0 atom stereocenters. The molecule has 0 bridgehead atoms. The van der Waals surface area contributed by atoms with Gasteiger partial charge in [0.25, 0.3) is 0 Å². The number of fused-ring (bicyclic) bond motifs is 10. The molecule has 37 heavy (non-hydrogen) atoms. The molecule has 0 spiro atoms. The van der Waals surface area contributed by atoms with Crippen LogP contribution in [0.3, 0.4) is 0 Å². The summed E-state index contributed by atoms with van der Waals surface area (Å²) in [6.45, 7) is 4.69. The predicted octanol–water partition coefficient (Wildman–Crippen LogP) is 6.46. The summed E-state index contributed by atoms with van der Waals surface area (Å²) in [5.41, 5.74) is 17.5. The number of rotatable bonds is 2. The van der Waals surface area contributed by atoms with E-state index in [0.717, 1.165) is 12.8 Å². The zero-order chi connectivity index (χ0) is 25.0. The van der Waals surface area contributed by atoms with E-state index in [4.69, 9.17) is 0 Å². The Labute approximate surface area is 229 Å². The number of hydrogen-bond donors (Lipinski definition) is 0. The van der Waals surface area contributed by atoms with Crippen molar-refractivity contribution in [2.45, 2.75) is 26.7 Å². The van der Waals surface area contributed by atoms with Crippen molar-refractivity contribution >= 4 is 28.3 Å². The minimum absolute atomic E-state index is 1.05. The molecule has 2 heterocycles. The molecule has 0 saturated carbocycles. The van der Waals surface area contributed by atoms with Crippen molar-refractivity contribution in [1.29, 1.82) is 0 Å². The first kappa shape index (κ1) is 21.9. The van der Waals surface area contributed by atoms with Crippen molar-refractivity contribution in [3.05, 3.63) is 106 Å². The molecule has 0 amide bonds. The Morgan fingerprint density at radius 3 is 1.46 bits per heavy atom. The molecular formula is C34H28N2Zr. The summed E-state index contributed by atoms with van der Waals surface area (Å²) in [6, 6.07) is 27.5. The van der Waals surface area contributed by atoms with E-state index in [1.807, 2.05) is 0 Å². The van der Waals surface area contributed by atoms with Crippen molar-refractivity contribution in [3.8, 4) is 22.5 Å². The van der Waals surface area contributed by atoms with Crippen LogP contribution in [0.5, 0.6) is 0 Å². The number of benzene rings is 4. The van der Waals surface area contributed by atoms with Crippen molar-refractivity contribution < 1.29 is 23.2 Å². The van der Waals surface area contributed by atoms with Crippen molar-refractivity contribution in [2.24, 2.45) is 14.1 Å². The van der Waals surface area contributed by atoms with Gasteiger partial charge in [0.1, 0.15) is 0 Å². The minimum atomic E-state index is -1.13. The van der Waals surface area contributed by atoms with Gasteiger partial charge in [-0.05, 0) is 0 Å². The van der Waals surface area contributed by atoms with Gasteiger partial charge in [-0.15, -0.1) is 0 Å². The first-order chi connectivity index (χ1) is 18.0. The zero-order valence-electron chi connectivity index (χ0n) is 21.7. The molecule has 0 unspecified atom stereocenters.